The van der Waals surface area contributed by atoms with Crippen molar-refractivity contribution in [2.75, 3.05) is 18.1 Å². The van der Waals surface area contributed by atoms with Gasteiger partial charge in [-0.2, -0.15) is 16.9 Å². The molecule has 1 amide bonds. The minimum atomic E-state index is -0.129. The van der Waals surface area contributed by atoms with E-state index in [0.29, 0.717) is 0 Å². The lowest BCUT2D eigenvalue weighted by atomic mass is 10.1. The van der Waals surface area contributed by atoms with Crippen LogP contribution in [0, 0.1) is 0 Å². The molecule has 1 unspecified atom stereocenters. The summed E-state index contributed by atoms with van der Waals surface area (Å²) in [6.07, 6.45) is 0. The second-order valence-corrected chi connectivity index (χ2v) is 5.27. The summed E-state index contributed by atoms with van der Waals surface area (Å²) in [4.78, 5) is 11.8. The van der Waals surface area contributed by atoms with E-state index < -0.39 is 0 Å². The molecule has 5 heteroatoms. The summed E-state index contributed by atoms with van der Waals surface area (Å²) >= 11 is 1.79. The van der Waals surface area contributed by atoms with Crippen LogP contribution in [0.25, 0.3) is 0 Å². The molecule has 0 bridgehead atoms. The normalized spacial score (nSPS) is 20.5. The molecule has 0 aromatic heterocycles. The Hall–Kier alpha value is -1.33. The van der Waals surface area contributed by atoms with Crippen molar-refractivity contribution in [2.45, 2.75) is 13.0 Å². The van der Waals surface area contributed by atoms with Crippen molar-refractivity contribution < 1.29 is 4.79 Å². The molecule has 0 spiro atoms. The Labute approximate surface area is 111 Å². The Balaban J connectivity index is 1.91. The van der Waals surface area contributed by atoms with E-state index in [9.17, 15) is 4.79 Å². The first-order valence-corrected chi connectivity index (χ1v) is 7.13. The zero-order valence-electron chi connectivity index (χ0n) is 10.3. The van der Waals surface area contributed by atoms with E-state index in [1.165, 1.54) is 0 Å². The molecule has 1 aromatic rings. The van der Waals surface area contributed by atoms with Crippen LogP contribution in [0.15, 0.2) is 35.4 Å². The van der Waals surface area contributed by atoms with Gasteiger partial charge in [0.1, 0.15) is 0 Å². The average Bonchev–Trinajstić information content (AvgIpc) is 2.46. The van der Waals surface area contributed by atoms with Crippen LogP contribution in [-0.4, -0.2) is 35.7 Å². The van der Waals surface area contributed by atoms with Crippen LogP contribution in [0.3, 0.4) is 0 Å². The van der Waals surface area contributed by atoms with E-state index in [2.05, 4.69) is 15.8 Å². The van der Waals surface area contributed by atoms with Gasteiger partial charge < -0.3 is 5.32 Å². The monoisotopic (exact) mass is 263 g/mol. The van der Waals surface area contributed by atoms with Gasteiger partial charge in [-0.05, 0) is 12.5 Å². The third kappa shape index (κ3) is 3.58. The zero-order valence-corrected chi connectivity index (χ0v) is 11.2. The van der Waals surface area contributed by atoms with Gasteiger partial charge >= 0.3 is 0 Å². The molecule has 1 heterocycles. The summed E-state index contributed by atoms with van der Waals surface area (Å²) in [5.74, 6) is 1.82. The van der Waals surface area contributed by atoms with Gasteiger partial charge in [0.2, 0.25) is 0 Å². The SMILES string of the molecule is C/C(=N\NC(=O)C1CSCCN1)c1ccccc1. The van der Waals surface area contributed by atoms with Crippen LogP contribution in [0.2, 0.25) is 0 Å². The third-order valence-corrected chi connectivity index (χ3v) is 3.83. The van der Waals surface area contributed by atoms with E-state index in [1.54, 1.807) is 11.8 Å². The maximum atomic E-state index is 11.8. The fraction of sp³-hybridized carbons (Fsp3) is 0.385. The van der Waals surface area contributed by atoms with E-state index in [-0.39, 0.29) is 11.9 Å². The summed E-state index contributed by atoms with van der Waals surface area (Å²) < 4.78 is 0. The highest BCUT2D eigenvalue weighted by molar-refractivity contribution is 7.99. The smallest absolute Gasteiger partial charge is 0.258 e. The topological polar surface area (TPSA) is 53.5 Å². The fourth-order valence-electron chi connectivity index (χ4n) is 1.69. The summed E-state index contributed by atoms with van der Waals surface area (Å²) in [5, 5.41) is 7.32. The lowest BCUT2D eigenvalue weighted by Crippen LogP contribution is -2.47. The molecule has 2 rings (SSSR count). The van der Waals surface area contributed by atoms with Gasteiger partial charge in [-0.1, -0.05) is 30.3 Å². The molecule has 2 N–H and O–H groups in total. The van der Waals surface area contributed by atoms with Crippen molar-refractivity contribution in [3.8, 4) is 0 Å². The maximum absolute atomic E-state index is 11.8. The number of amides is 1. The minimum Gasteiger partial charge on any atom is -0.304 e. The molecule has 1 aliphatic heterocycles. The van der Waals surface area contributed by atoms with Crippen LogP contribution < -0.4 is 10.7 Å². The van der Waals surface area contributed by atoms with Crippen molar-refractivity contribution >= 4 is 23.4 Å². The van der Waals surface area contributed by atoms with E-state index >= 15 is 0 Å². The van der Waals surface area contributed by atoms with E-state index in [0.717, 1.165) is 29.3 Å². The lowest BCUT2D eigenvalue weighted by Gasteiger charge is -2.21. The maximum Gasteiger partial charge on any atom is 0.258 e. The van der Waals surface area contributed by atoms with Crippen LogP contribution in [0.4, 0.5) is 0 Å². The summed E-state index contributed by atoms with van der Waals surface area (Å²) in [5.41, 5.74) is 4.45. The number of nitrogens with zero attached hydrogens (tertiary/aromatic N) is 1. The number of carbonyl (C=O) groups excluding carboxylic acids is 1. The molecule has 0 radical (unpaired) electrons. The average molecular weight is 263 g/mol. The number of hydrogen-bond donors (Lipinski definition) is 2. The number of rotatable bonds is 3. The molecule has 1 aromatic carbocycles. The summed E-state index contributed by atoms with van der Waals surface area (Å²) in [7, 11) is 0. The van der Waals surface area contributed by atoms with Crippen molar-refractivity contribution in [2.24, 2.45) is 5.10 Å². The van der Waals surface area contributed by atoms with Crippen molar-refractivity contribution in [1.29, 1.82) is 0 Å². The van der Waals surface area contributed by atoms with Crippen molar-refractivity contribution in [1.82, 2.24) is 10.7 Å². The first kappa shape index (κ1) is 13.1. The molecule has 1 saturated heterocycles. The molecule has 1 atom stereocenters. The number of benzene rings is 1. The molecule has 0 saturated carbocycles. The summed E-state index contributed by atoms with van der Waals surface area (Å²) in [6, 6.07) is 9.68. The number of hydrazone groups is 1. The largest absolute Gasteiger partial charge is 0.304 e. The standard InChI is InChI=1S/C13H17N3OS/c1-10(11-5-3-2-4-6-11)15-16-13(17)12-9-18-8-7-14-12/h2-6,12,14H,7-9H2,1H3,(H,16,17)/b15-10+. The molecule has 4 nitrogen and oxygen atoms in total. The molecule has 96 valence electrons. The Morgan fingerprint density at radius 3 is 2.89 bits per heavy atom. The third-order valence-electron chi connectivity index (χ3n) is 2.76. The molecule has 0 aliphatic carbocycles. The van der Waals surface area contributed by atoms with E-state index in [1.807, 2.05) is 37.3 Å². The van der Waals surface area contributed by atoms with Crippen molar-refractivity contribution in [3.05, 3.63) is 35.9 Å². The molecule has 1 fully saturated rings. The van der Waals surface area contributed by atoms with Crippen LogP contribution in [0.5, 0.6) is 0 Å². The number of thioether (sulfide) groups is 1. The van der Waals surface area contributed by atoms with Gasteiger partial charge in [0.25, 0.3) is 5.91 Å². The second kappa shape index (κ2) is 6.56. The van der Waals surface area contributed by atoms with Gasteiger partial charge in [-0.25, -0.2) is 5.43 Å². The second-order valence-electron chi connectivity index (χ2n) is 4.12. The highest BCUT2D eigenvalue weighted by atomic mass is 32.2. The Morgan fingerprint density at radius 2 is 2.22 bits per heavy atom. The first-order chi connectivity index (χ1) is 8.77. The van der Waals surface area contributed by atoms with Gasteiger partial charge in [0, 0.05) is 18.1 Å². The van der Waals surface area contributed by atoms with Crippen LogP contribution in [0.1, 0.15) is 12.5 Å². The van der Waals surface area contributed by atoms with Gasteiger partial charge in [0.15, 0.2) is 0 Å². The first-order valence-electron chi connectivity index (χ1n) is 5.98. The predicted molar refractivity (Wildman–Crippen MR) is 75.9 cm³/mol. The van der Waals surface area contributed by atoms with Gasteiger partial charge in [0.05, 0.1) is 11.8 Å². The Bertz CT molecular complexity index is 427. The molecule has 18 heavy (non-hydrogen) atoms. The molecule has 1 aliphatic rings. The quantitative estimate of drug-likeness (QED) is 0.637. The Morgan fingerprint density at radius 1 is 1.44 bits per heavy atom. The van der Waals surface area contributed by atoms with Gasteiger partial charge in [-0.15, -0.1) is 0 Å². The fourth-order valence-corrected chi connectivity index (χ4v) is 2.63. The molecular formula is C13H17N3OS. The van der Waals surface area contributed by atoms with Crippen LogP contribution in [-0.2, 0) is 4.79 Å². The lowest BCUT2D eigenvalue weighted by molar-refractivity contribution is -0.122. The van der Waals surface area contributed by atoms with Crippen LogP contribution >= 0.6 is 11.8 Å². The van der Waals surface area contributed by atoms with Crippen molar-refractivity contribution in [3.63, 3.8) is 0 Å². The zero-order chi connectivity index (χ0) is 12.8. The predicted octanol–water partition coefficient (Wildman–Crippen LogP) is 1.23. The highest BCUT2D eigenvalue weighted by Gasteiger charge is 2.20. The Kier molecular flexibility index (Phi) is 4.78. The number of carbonyl (C=O) groups is 1. The molecular weight excluding hydrogens is 246 g/mol. The summed E-state index contributed by atoms with van der Waals surface area (Å²) in [6.45, 7) is 2.77. The van der Waals surface area contributed by atoms with Gasteiger partial charge in [-0.3, -0.25) is 4.79 Å². The highest BCUT2D eigenvalue weighted by Crippen LogP contribution is 2.07. The number of hydrogen-bond acceptors (Lipinski definition) is 4. The number of nitrogens with one attached hydrogen (secondary N) is 2. The van der Waals surface area contributed by atoms with E-state index in [4.69, 9.17) is 0 Å². The minimum absolute atomic E-state index is 0.0579.